The Morgan fingerprint density at radius 2 is 2.00 bits per heavy atom. The van der Waals surface area contributed by atoms with Crippen LogP contribution in [0.1, 0.15) is 17.4 Å². The lowest BCUT2D eigenvalue weighted by atomic mass is 10.1. The third-order valence-electron chi connectivity index (χ3n) is 2.95. The number of rotatable bonds is 3. The van der Waals surface area contributed by atoms with Gasteiger partial charge in [0.05, 0.1) is 9.80 Å². The molecule has 0 spiro atoms. The van der Waals surface area contributed by atoms with E-state index in [1.807, 2.05) is 0 Å². The van der Waals surface area contributed by atoms with Gasteiger partial charge in [0.25, 0.3) is 5.90 Å². The molecule has 3 rings (SSSR count). The molecular weight excluding hydrogens is 316 g/mol. The average molecular weight is 325 g/mol. The van der Waals surface area contributed by atoms with E-state index in [1.165, 1.54) is 6.07 Å². The van der Waals surface area contributed by atoms with Gasteiger partial charge in [0, 0.05) is 23.6 Å². The number of hydrogen-bond acceptors (Lipinski definition) is 6. The summed E-state index contributed by atoms with van der Waals surface area (Å²) in [5.41, 5.74) is 0.747. The number of thiophene rings is 1. The first-order valence-corrected chi connectivity index (χ1v) is 7.13. The van der Waals surface area contributed by atoms with Crippen molar-refractivity contribution in [1.82, 2.24) is 0 Å². The van der Waals surface area contributed by atoms with Crippen molar-refractivity contribution in [2.75, 3.05) is 0 Å². The van der Waals surface area contributed by atoms with Crippen molar-refractivity contribution in [3.63, 3.8) is 0 Å². The molecule has 8 heteroatoms. The Morgan fingerprint density at radius 3 is 2.62 bits per heavy atom. The third kappa shape index (κ3) is 2.57. The second kappa shape index (κ2) is 5.01. The number of oxime groups is 1. The van der Waals surface area contributed by atoms with Crippen LogP contribution in [0.4, 0.5) is 5.00 Å². The number of nitro groups is 1. The van der Waals surface area contributed by atoms with Crippen LogP contribution in [-0.2, 0) is 15.4 Å². The lowest BCUT2D eigenvalue weighted by molar-refractivity contribution is -0.380. The summed E-state index contributed by atoms with van der Waals surface area (Å²) in [6.07, 6.45) is 0. The molecule has 1 unspecified atom stereocenters. The highest BCUT2D eigenvalue weighted by atomic mass is 35.5. The Labute approximate surface area is 128 Å². The molecule has 1 atom stereocenters. The van der Waals surface area contributed by atoms with E-state index in [0.29, 0.717) is 9.90 Å². The molecule has 2 aromatic rings. The lowest BCUT2D eigenvalue weighted by Crippen LogP contribution is -2.24. The van der Waals surface area contributed by atoms with Gasteiger partial charge in [-0.15, -0.1) is 0 Å². The number of benzene rings is 1. The van der Waals surface area contributed by atoms with E-state index in [-0.39, 0.29) is 10.9 Å². The van der Waals surface area contributed by atoms with Gasteiger partial charge < -0.3 is 9.57 Å². The molecule has 21 heavy (non-hydrogen) atoms. The molecule has 0 N–H and O–H groups in total. The van der Waals surface area contributed by atoms with Crippen molar-refractivity contribution in [1.29, 1.82) is 0 Å². The smallest absolute Gasteiger partial charge is 0.324 e. The normalized spacial score (nSPS) is 20.6. The zero-order valence-electron chi connectivity index (χ0n) is 10.8. The molecule has 2 heterocycles. The Hall–Kier alpha value is -2.12. The summed E-state index contributed by atoms with van der Waals surface area (Å²) in [6.45, 7) is 1.72. The molecule has 6 nitrogen and oxygen atoms in total. The number of ether oxygens (including phenoxy) is 1. The van der Waals surface area contributed by atoms with Crippen LogP contribution in [0.2, 0.25) is 5.02 Å². The van der Waals surface area contributed by atoms with Crippen molar-refractivity contribution in [3.8, 4) is 0 Å². The number of nitrogens with zero attached hydrogens (tertiary/aromatic N) is 2. The summed E-state index contributed by atoms with van der Waals surface area (Å²) in [6, 6.07) is 9.99. The summed E-state index contributed by atoms with van der Waals surface area (Å²) in [7, 11) is 0. The largest absolute Gasteiger partial charge is 0.425 e. The lowest BCUT2D eigenvalue weighted by Gasteiger charge is -2.21. The topological polar surface area (TPSA) is 74.0 Å². The van der Waals surface area contributed by atoms with Gasteiger partial charge in [-0.25, -0.2) is 0 Å². The van der Waals surface area contributed by atoms with Crippen LogP contribution in [0, 0.1) is 10.1 Å². The van der Waals surface area contributed by atoms with Crippen LogP contribution in [-0.4, -0.2) is 10.8 Å². The van der Waals surface area contributed by atoms with Crippen molar-refractivity contribution in [3.05, 3.63) is 62.0 Å². The fourth-order valence-corrected chi connectivity index (χ4v) is 2.71. The monoisotopic (exact) mass is 324 g/mol. The van der Waals surface area contributed by atoms with Crippen molar-refractivity contribution >= 4 is 33.8 Å². The van der Waals surface area contributed by atoms with Gasteiger partial charge in [-0.3, -0.25) is 10.1 Å². The zero-order valence-corrected chi connectivity index (χ0v) is 12.4. The van der Waals surface area contributed by atoms with Crippen LogP contribution in [0.3, 0.4) is 0 Å². The first-order chi connectivity index (χ1) is 9.98. The maximum Gasteiger partial charge on any atom is 0.324 e. The summed E-state index contributed by atoms with van der Waals surface area (Å²) >= 11 is 6.83. The SMILES string of the molecule is CC1(c2ccc(Cl)cc2)ON=C(c2ccc([N+](=O)[O-])s2)O1. The van der Waals surface area contributed by atoms with E-state index >= 15 is 0 Å². The number of hydrogen-bond donors (Lipinski definition) is 0. The summed E-state index contributed by atoms with van der Waals surface area (Å²) in [5, 5.41) is 15.2. The Kier molecular flexibility index (Phi) is 3.30. The number of halogens is 1. The molecule has 1 aromatic carbocycles. The minimum atomic E-state index is -1.07. The van der Waals surface area contributed by atoms with Crippen LogP contribution < -0.4 is 0 Å². The Bertz CT molecular complexity index is 728. The predicted octanol–water partition coefficient (Wildman–Crippen LogP) is 3.89. The average Bonchev–Trinajstić information content (AvgIpc) is 3.06. The molecule has 1 aliphatic rings. The molecule has 0 saturated carbocycles. The van der Waals surface area contributed by atoms with Gasteiger partial charge in [-0.1, -0.05) is 22.9 Å². The van der Waals surface area contributed by atoms with Crippen LogP contribution >= 0.6 is 22.9 Å². The summed E-state index contributed by atoms with van der Waals surface area (Å²) < 4.78 is 5.73. The van der Waals surface area contributed by atoms with E-state index in [2.05, 4.69) is 5.16 Å². The quantitative estimate of drug-likeness (QED) is 0.634. The van der Waals surface area contributed by atoms with E-state index in [4.69, 9.17) is 21.2 Å². The van der Waals surface area contributed by atoms with Crippen molar-refractivity contribution < 1.29 is 14.5 Å². The molecule has 1 aromatic heterocycles. The highest BCUT2D eigenvalue weighted by Crippen LogP contribution is 2.36. The Morgan fingerprint density at radius 1 is 1.29 bits per heavy atom. The molecule has 108 valence electrons. The third-order valence-corrected chi connectivity index (χ3v) is 4.22. The first-order valence-electron chi connectivity index (χ1n) is 5.94. The minimum Gasteiger partial charge on any atom is -0.425 e. The summed E-state index contributed by atoms with van der Waals surface area (Å²) in [5.74, 6) is -0.843. The second-order valence-electron chi connectivity index (χ2n) is 4.44. The minimum absolute atomic E-state index is 0.0244. The second-order valence-corrected chi connectivity index (χ2v) is 5.94. The first kappa shape index (κ1) is 13.8. The van der Waals surface area contributed by atoms with Crippen LogP contribution in [0.5, 0.6) is 0 Å². The van der Waals surface area contributed by atoms with E-state index in [1.54, 1.807) is 37.3 Å². The summed E-state index contributed by atoms with van der Waals surface area (Å²) in [4.78, 5) is 16.1. The molecule has 1 aliphatic heterocycles. The van der Waals surface area contributed by atoms with E-state index < -0.39 is 10.7 Å². The van der Waals surface area contributed by atoms with Crippen molar-refractivity contribution in [2.24, 2.45) is 5.16 Å². The molecule has 0 bridgehead atoms. The van der Waals surface area contributed by atoms with Crippen LogP contribution in [0.15, 0.2) is 41.6 Å². The van der Waals surface area contributed by atoms with Gasteiger partial charge in [0.1, 0.15) is 0 Å². The fraction of sp³-hybridized carbons (Fsp3) is 0.154. The van der Waals surface area contributed by atoms with Gasteiger partial charge in [-0.2, -0.15) is 0 Å². The van der Waals surface area contributed by atoms with E-state index in [9.17, 15) is 10.1 Å². The zero-order chi connectivity index (χ0) is 15.0. The highest BCUT2D eigenvalue weighted by molar-refractivity contribution is 7.17. The maximum absolute atomic E-state index is 10.7. The highest BCUT2D eigenvalue weighted by Gasteiger charge is 2.39. The predicted molar refractivity (Wildman–Crippen MR) is 78.5 cm³/mol. The molecule has 0 aliphatic carbocycles. The molecule has 0 saturated heterocycles. The molecule has 0 radical (unpaired) electrons. The van der Waals surface area contributed by atoms with Gasteiger partial charge in [0.2, 0.25) is 0 Å². The molecule has 0 amide bonds. The molecule has 0 fully saturated rings. The fourth-order valence-electron chi connectivity index (χ4n) is 1.85. The van der Waals surface area contributed by atoms with Gasteiger partial charge in [0.15, 0.2) is 0 Å². The van der Waals surface area contributed by atoms with Gasteiger partial charge in [-0.05, 0) is 35.5 Å². The maximum atomic E-state index is 10.7. The van der Waals surface area contributed by atoms with Crippen LogP contribution in [0.25, 0.3) is 0 Å². The van der Waals surface area contributed by atoms with Crippen molar-refractivity contribution in [2.45, 2.75) is 12.7 Å². The van der Waals surface area contributed by atoms with E-state index in [0.717, 1.165) is 16.9 Å². The standard InChI is InChI=1S/C13H9ClN2O4S/c1-13(8-2-4-9(14)5-3-8)19-12(15-20-13)10-6-7-11(21-10)16(17)18/h2-7H,1H3. The van der Waals surface area contributed by atoms with Gasteiger partial charge >= 0.3 is 10.8 Å². The Balaban J connectivity index is 1.82. The molecular formula is C13H9ClN2O4S.